The molecule has 114 valence electrons. The molecule has 0 fully saturated rings. The third-order valence-corrected chi connectivity index (χ3v) is 5.40. The highest BCUT2D eigenvalue weighted by Crippen LogP contribution is 2.32. The van der Waals surface area contributed by atoms with Gasteiger partial charge >= 0.3 is 0 Å². The molecule has 2 nitrogen and oxygen atoms in total. The maximum absolute atomic E-state index is 12.6. The summed E-state index contributed by atoms with van der Waals surface area (Å²) in [7, 11) is 0. The summed E-state index contributed by atoms with van der Waals surface area (Å²) in [5.74, 6) is 1.59. The van der Waals surface area contributed by atoms with Crippen LogP contribution < -0.4 is 4.90 Å². The van der Waals surface area contributed by atoms with Crippen LogP contribution in [0.5, 0.6) is 0 Å². The van der Waals surface area contributed by atoms with Crippen LogP contribution in [0.15, 0.2) is 53.0 Å². The number of anilines is 1. The van der Waals surface area contributed by atoms with E-state index in [-0.39, 0.29) is 11.9 Å². The van der Waals surface area contributed by atoms with E-state index in [0.29, 0.717) is 5.75 Å². The molecule has 0 saturated carbocycles. The second kappa shape index (κ2) is 6.88. The lowest BCUT2D eigenvalue weighted by atomic mass is 10.1. The molecule has 1 heterocycles. The predicted octanol–water partition coefficient (Wildman–Crippen LogP) is 4.66. The molecule has 0 aromatic heterocycles. The van der Waals surface area contributed by atoms with Crippen molar-refractivity contribution in [3.05, 3.63) is 64.1 Å². The average Bonchev–Trinajstić information content (AvgIpc) is 2.85. The highest BCUT2D eigenvalue weighted by atomic mass is 79.9. The molecule has 0 saturated heterocycles. The van der Waals surface area contributed by atoms with Gasteiger partial charge in [0.2, 0.25) is 5.91 Å². The molecule has 0 unspecified atom stereocenters. The first-order valence-corrected chi connectivity index (χ1v) is 9.32. The van der Waals surface area contributed by atoms with Gasteiger partial charge in [-0.3, -0.25) is 4.79 Å². The molecule has 0 spiro atoms. The summed E-state index contributed by atoms with van der Waals surface area (Å²) in [6.45, 7) is 2.12. The van der Waals surface area contributed by atoms with Gasteiger partial charge in [0.25, 0.3) is 0 Å². The molecule has 0 radical (unpaired) electrons. The van der Waals surface area contributed by atoms with Gasteiger partial charge in [-0.15, -0.1) is 11.8 Å². The molecular weight excluding hydrogens is 358 g/mol. The number of benzene rings is 2. The molecule has 3 rings (SSSR count). The summed E-state index contributed by atoms with van der Waals surface area (Å²) in [6.07, 6.45) is 0.958. The molecule has 2 aromatic carbocycles. The van der Waals surface area contributed by atoms with Crippen molar-refractivity contribution < 1.29 is 4.79 Å². The summed E-state index contributed by atoms with van der Waals surface area (Å²) in [5, 5.41) is 0. The van der Waals surface area contributed by atoms with E-state index in [9.17, 15) is 4.79 Å². The fraction of sp³-hybridized carbons (Fsp3) is 0.278. The van der Waals surface area contributed by atoms with Crippen LogP contribution in [0.3, 0.4) is 0 Å². The molecule has 0 N–H and O–H groups in total. The fourth-order valence-corrected chi connectivity index (χ4v) is 3.96. The number of halogens is 1. The lowest BCUT2D eigenvalue weighted by Crippen LogP contribution is -2.37. The molecule has 0 bridgehead atoms. The van der Waals surface area contributed by atoms with E-state index in [2.05, 4.69) is 47.1 Å². The van der Waals surface area contributed by atoms with E-state index in [1.807, 2.05) is 29.2 Å². The number of hydrogen-bond acceptors (Lipinski definition) is 2. The quantitative estimate of drug-likeness (QED) is 0.774. The van der Waals surface area contributed by atoms with Gasteiger partial charge in [0.15, 0.2) is 0 Å². The first-order valence-electron chi connectivity index (χ1n) is 7.37. The van der Waals surface area contributed by atoms with Gasteiger partial charge in [0.05, 0.1) is 5.75 Å². The molecule has 1 amide bonds. The Bertz CT molecular complexity index is 671. The minimum atomic E-state index is 0.208. The fourth-order valence-electron chi connectivity index (χ4n) is 2.85. The number of nitrogens with zero attached hydrogens (tertiary/aromatic N) is 1. The monoisotopic (exact) mass is 375 g/mol. The predicted molar refractivity (Wildman–Crippen MR) is 97.4 cm³/mol. The van der Waals surface area contributed by atoms with Crippen LogP contribution in [0.4, 0.5) is 5.69 Å². The molecule has 2 aromatic rings. The second-order valence-electron chi connectivity index (χ2n) is 5.56. The Kier molecular flexibility index (Phi) is 4.89. The number of para-hydroxylation sites is 1. The Hall–Kier alpha value is -1.26. The Morgan fingerprint density at radius 2 is 1.95 bits per heavy atom. The molecule has 0 aliphatic carbocycles. The van der Waals surface area contributed by atoms with Crippen molar-refractivity contribution in [2.45, 2.75) is 25.1 Å². The summed E-state index contributed by atoms with van der Waals surface area (Å²) in [6, 6.07) is 16.7. The maximum atomic E-state index is 12.6. The van der Waals surface area contributed by atoms with Gasteiger partial charge < -0.3 is 4.90 Å². The Labute approximate surface area is 144 Å². The van der Waals surface area contributed by atoms with Crippen LogP contribution in [-0.2, 0) is 17.0 Å². The topological polar surface area (TPSA) is 20.3 Å². The van der Waals surface area contributed by atoms with E-state index >= 15 is 0 Å². The van der Waals surface area contributed by atoms with Crippen molar-refractivity contribution in [2.75, 3.05) is 10.7 Å². The van der Waals surface area contributed by atoms with E-state index in [1.54, 1.807) is 11.8 Å². The van der Waals surface area contributed by atoms with Gasteiger partial charge in [0.1, 0.15) is 0 Å². The van der Waals surface area contributed by atoms with Crippen molar-refractivity contribution in [2.24, 2.45) is 0 Å². The lowest BCUT2D eigenvalue weighted by molar-refractivity contribution is -0.116. The minimum absolute atomic E-state index is 0.208. The molecule has 1 aliphatic heterocycles. The van der Waals surface area contributed by atoms with Crippen molar-refractivity contribution >= 4 is 39.3 Å². The number of rotatable bonds is 4. The van der Waals surface area contributed by atoms with E-state index in [4.69, 9.17) is 0 Å². The molecule has 22 heavy (non-hydrogen) atoms. The van der Waals surface area contributed by atoms with Crippen LogP contribution in [0.25, 0.3) is 0 Å². The van der Waals surface area contributed by atoms with E-state index < -0.39 is 0 Å². The van der Waals surface area contributed by atoms with E-state index in [0.717, 1.165) is 22.3 Å². The van der Waals surface area contributed by atoms with Crippen LogP contribution in [-0.4, -0.2) is 17.7 Å². The van der Waals surface area contributed by atoms with Crippen molar-refractivity contribution in [3.8, 4) is 0 Å². The third kappa shape index (κ3) is 3.39. The number of hydrogen-bond donors (Lipinski definition) is 0. The zero-order valence-corrected chi connectivity index (χ0v) is 14.9. The lowest BCUT2D eigenvalue weighted by Gasteiger charge is -2.22. The van der Waals surface area contributed by atoms with Crippen molar-refractivity contribution in [1.82, 2.24) is 0 Å². The van der Waals surface area contributed by atoms with Gasteiger partial charge in [-0.25, -0.2) is 0 Å². The summed E-state index contributed by atoms with van der Waals surface area (Å²) in [4.78, 5) is 14.5. The number of carbonyl (C=O) groups is 1. The summed E-state index contributed by atoms with van der Waals surface area (Å²) in [5.41, 5.74) is 3.61. The standard InChI is InChI=1S/C18H18BrNOS/c1-13-10-15-4-2-3-5-17(15)20(13)18(21)12-22-11-14-6-8-16(19)9-7-14/h2-9,13H,10-12H2,1H3/t13-/m0/s1. The highest BCUT2D eigenvalue weighted by molar-refractivity contribution is 9.10. The number of carbonyl (C=O) groups excluding carboxylic acids is 1. The van der Waals surface area contributed by atoms with Gasteiger partial charge in [0, 0.05) is 22.0 Å². The number of fused-ring (bicyclic) bond motifs is 1. The second-order valence-corrected chi connectivity index (χ2v) is 7.47. The summed E-state index contributed by atoms with van der Waals surface area (Å²) < 4.78 is 1.08. The SMILES string of the molecule is C[C@H]1Cc2ccccc2N1C(=O)CSCc1ccc(Br)cc1. The van der Waals surface area contributed by atoms with E-state index in [1.165, 1.54) is 11.1 Å². The zero-order valence-electron chi connectivity index (χ0n) is 12.5. The highest BCUT2D eigenvalue weighted by Gasteiger charge is 2.29. The molecular formula is C18H18BrNOS. The van der Waals surface area contributed by atoms with Crippen LogP contribution in [0, 0.1) is 0 Å². The normalized spacial score (nSPS) is 16.6. The smallest absolute Gasteiger partial charge is 0.237 e. The Morgan fingerprint density at radius 3 is 2.73 bits per heavy atom. The largest absolute Gasteiger partial charge is 0.308 e. The average molecular weight is 376 g/mol. The third-order valence-electron chi connectivity index (χ3n) is 3.88. The van der Waals surface area contributed by atoms with Crippen LogP contribution in [0.2, 0.25) is 0 Å². The minimum Gasteiger partial charge on any atom is -0.308 e. The Balaban J connectivity index is 1.59. The van der Waals surface area contributed by atoms with Gasteiger partial charge in [-0.05, 0) is 42.7 Å². The first-order chi connectivity index (χ1) is 10.6. The van der Waals surface area contributed by atoms with Crippen LogP contribution in [0.1, 0.15) is 18.1 Å². The molecule has 1 aliphatic rings. The Morgan fingerprint density at radius 1 is 1.23 bits per heavy atom. The number of amides is 1. The number of thioether (sulfide) groups is 1. The van der Waals surface area contributed by atoms with Crippen molar-refractivity contribution in [3.63, 3.8) is 0 Å². The van der Waals surface area contributed by atoms with Crippen LogP contribution >= 0.6 is 27.7 Å². The molecule has 4 heteroatoms. The first kappa shape index (κ1) is 15.6. The van der Waals surface area contributed by atoms with Crippen molar-refractivity contribution in [1.29, 1.82) is 0 Å². The zero-order chi connectivity index (χ0) is 15.5. The maximum Gasteiger partial charge on any atom is 0.237 e. The van der Waals surface area contributed by atoms with Gasteiger partial charge in [-0.2, -0.15) is 0 Å². The van der Waals surface area contributed by atoms with Gasteiger partial charge in [-0.1, -0.05) is 46.3 Å². The summed E-state index contributed by atoms with van der Waals surface area (Å²) >= 11 is 5.11. The molecule has 1 atom stereocenters.